The maximum absolute atomic E-state index is 14.2. The first-order valence-corrected chi connectivity index (χ1v) is 14.7. The maximum atomic E-state index is 14.2. The second-order valence-electron chi connectivity index (χ2n) is 10.6. The predicted octanol–water partition coefficient (Wildman–Crippen LogP) is 5.88. The van der Waals surface area contributed by atoms with Gasteiger partial charge in [-0.2, -0.15) is 0 Å². The van der Waals surface area contributed by atoms with Crippen molar-refractivity contribution in [1.29, 1.82) is 0 Å². The predicted molar refractivity (Wildman–Crippen MR) is 159 cm³/mol. The van der Waals surface area contributed by atoms with Gasteiger partial charge in [-0.25, -0.2) is 9.18 Å². The summed E-state index contributed by atoms with van der Waals surface area (Å²) in [6.07, 6.45) is 7.30. The Hall–Kier alpha value is -4.21. The lowest BCUT2D eigenvalue weighted by molar-refractivity contribution is 0.103. The summed E-state index contributed by atoms with van der Waals surface area (Å²) < 4.78 is 17.4. The van der Waals surface area contributed by atoms with Crippen LogP contribution in [-0.4, -0.2) is 69.0 Å². The Balaban J connectivity index is 1.30. The summed E-state index contributed by atoms with van der Waals surface area (Å²) in [5.41, 5.74) is 5.57. The van der Waals surface area contributed by atoms with E-state index < -0.39 is 0 Å². The van der Waals surface area contributed by atoms with E-state index in [9.17, 15) is 14.0 Å². The van der Waals surface area contributed by atoms with Gasteiger partial charge in [-0.15, -0.1) is 11.8 Å². The normalized spacial score (nSPS) is 17.2. The number of nitrogens with zero attached hydrogens (tertiary/aromatic N) is 5. The number of aromatic nitrogens is 3. The van der Waals surface area contributed by atoms with Crippen molar-refractivity contribution in [3.05, 3.63) is 114 Å². The highest BCUT2D eigenvalue weighted by Gasteiger charge is 2.31. The van der Waals surface area contributed by atoms with Gasteiger partial charge in [0.1, 0.15) is 11.2 Å². The fourth-order valence-electron chi connectivity index (χ4n) is 5.76. The number of likely N-dealkylation sites (N-methyl/N-ethyl adjacent to an activating group) is 1. The van der Waals surface area contributed by atoms with Gasteiger partial charge < -0.3 is 14.4 Å². The van der Waals surface area contributed by atoms with Gasteiger partial charge in [0.2, 0.25) is 0 Å². The van der Waals surface area contributed by atoms with Gasteiger partial charge in [0, 0.05) is 84.5 Å². The van der Waals surface area contributed by atoms with E-state index in [0.717, 1.165) is 40.9 Å². The Labute approximate surface area is 241 Å². The monoisotopic (exact) mass is 565 g/mol. The van der Waals surface area contributed by atoms with Crippen molar-refractivity contribution in [2.24, 2.45) is 0 Å². The highest BCUT2D eigenvalue weighted by molar-refractivity contribution is 7.99. The van der Waals surface area contributed by atoms with Crippen LogP contribution in [0.4, 0.5) is 9.18 Å². The van der Waals surface area contributed by atoms with E-state index in [4.69, 9.17) is 0 Å². The number of piperazine rings is 1. The van der Waals surface area contributed by atoms with Gasteiger partial charge in [0.25, 0.3) is 0 Å². The molecule has 2 aliphatic heterocycles. The standard InChI is InChI=1S/C32H28FN5O2S/c1-35-13-15-36(16-14-35)32(40)38-19-27(25-9-6-22(17-28(25)38)21-4-7-24(33)8-5-21)30(39)26-10-12-37-29(26)20-41-31(37)23-3-2-11-34-18-23/h2-12,17-19,31H,13-16,20H2,1H3/t31-/m1/s1. The number of pyridine rings is 1. The molecule has 0 radical (unpaired) electrons. The van der Waals surface area contributed by atoms with Crippen LogP contribution in [0.5, 0.6) is 0 Å². The molecule has 1 fully saturated rings. The van der Waals surface area contributed by atoms with Crippen LogP contribution in [0, 0.1) is 5.82 Å². The third-order valence-electron chi connectivity index (χ3n) is 8.08. The summed E-state index contributed by atoms with van der Waals surface area (Å²) in [6, 6.07) is 17.8. The molecule has 0 saturated carbocycles. The van der Waals surface area contributed by atoms with Crippen LogP contribution >= 0.6 is 11.8 Å². The maximum Gasteiger partial charge on any atom is 0.328 e. The molecule has 7 nitrogen and oxygen atoms in total. The molecule has 0 spiro atoms. The minimum atomic E-state index is -0.305. The largest absolute Gasteiger partial charge is 0.333 e. The summed E-state index contributed by atoms with van der Waals surface area (Å²) in [5, 5.41) is 0.788. The van der Waals surface area contributed by atoms with E-state index in [1.54, 1.807) is 40.9 Å². The smallest absolute Gasteiger partial charge is 0.328 e. The first-order valence-electron chi connectivity index (χ1n) is 13.6. The topological polar surface area (TPSA) is 63.4 Å². The molecule has 7 rings (SSSR count). The summed E-state index contributed by atoms with van der Waals surface area (Å²) in [7, 11) is 2.05. The van der Waals surface area contributed by atoms with Crippen LogP contribution in [0.15, 0.2) is 85.5 Å². The number of carbonyl (C=O) groups excluding carboxylic acids is 2. The molecular formula is C32H28FN5O2S. The molecule has 41 heavy (non-hydrogen) atoms. The van der Waals surface area contributed by atoms with Crippen molar-refractivity contribution >= 4 is 34.5 Å². The molecule has 0 unspecified atom stereocenters. The second kappa shape index (κ2) is 10.3. The van der Waals surface area contributed by atoms with Crippen LogP contribution in [-0.2, 0) is 5.75 Å². The molecule has 3 aromatic heterocycles. The van der Waals surface area contributed by atoms with Crippen LogP contribution < -0.4 is 0 Å². The Bertz CT molecular complexity index is 1770. The number of benzene rings is 2. The third kappa shape index (κ3) is 4.55. The zero-order chi connectivity index (χ0) is 28.1. The number of hydrogen-bond donors (Lipinski definition) is 0. The van der Waals surface area contributed by atoms with E-state index in [2.05, 4.69) is 20.5 Å². The van der Waals surface area contributed by atoms with Gasteiger partial charge >= 0.3 is 6.03 Å². The van der Waals surface area contributed by atoms with Crippen molar-refractivity contribution in [1.82, 2.24) is 23.9 Å². The van der Waals surface area contributed by atoms with Crippen molar-refractivity contribution < 1.29 is 14.0 Å². The average Bonchev–Trinajstić information content (AvgIpc) is 3.71. The number of amides is 1. The molecule has 0 aliphatic carbocycles. The molecule has 2 aliphatic rings. The fraction of sp³-hybridized carbons (Fsp3) is 0.219. The average molecular weight is 566 g/mol. The Kier molecular flexibility index (Phi) is 6.48. The Morgan fingerprint density at radius 1 is 0.951 bits per heavy atom. The molecule has 1 amide bonds. The molecule has 2 aromatic carbocycles. The van der Waals surface area contributed by atoms with Gasteiger partial charge in [0.05, 0.1) is 5.52 Å². The quantitative estimate of drug-likeness (QED) is 0.255. The molecule has 5 aromatic rings. The highest BCUT2D eigenvalue weighted by atomic mass is 32.2. The van der Waals surface area contributed by atoms with Gasteiger partial charge in [0.15, 0.2) is 5.78 Å². The molecule has 5 heterocycles. The minimum absolute atomic E-state index is 0.0682. The van der Waals surface area contributed by atoms with Crippen LogP contribution in [0.3, 0.4) is 0 Å². The number of ketones is 1. The van der Waals surface area contributed by atoms with Gasteiger partial charge in [-0.1, -0.05) is 30.3 Å². The molecular weight excluding hydrogens is 537 g/mol. The highest BCUT2D eigenvalue weighted by Crippen LogP contribution is 2.42. The number of carbonyl (C=O) groups is 2. The SMILES string of the molecule is CN1CCN(C(=O)n2cc(C(=O)c3ccn4c3CS[C@@H]4c3cccnc3)c3ccc(-c4ccc(F)cc4)cc32)CC1. The third-order valence-corrected chi connectivity index (χ3v) is 9.33. The number of fused-ring (bicyclic) bond motifs is 2. The summed E-state index contributed by atoms with van der Waals surface area (Å²) in [5.74, 6) is 0.303. The van der Waals surface area contributed by atoms with E-state index in [1.807, 2.05) is 54.7 Å². The molecule has 1 atom stereocenters. The molecule has 9 heteroatoms. The van der Waals surface area contributed by atoms with E-state index in [0.29, 0.717) is 35.5 Å². The van der Waals surface area contributed by atoms with Crippen LogP contribution in [0.25, 0.3) is 22.0 Å². The lowest BCUT2D eigenvalue weighted by atomic mass is 10.00. The van der Waals surface area contributed by atoms with Gasteiger partial charge in [-0.3, -0.25) is 14.3 Å². The molecule has 0 bridgehead atoms. The van der Waals surface area contributed by atoms with E-state index in [-0.39, 0.29) is 23.0 Å². The second-order valence-corrected chi connectivity index (χ2v) is 11.7. The van der Waals surface area contributed by atoms with Gasteiger partial charge in [-0.05, 0) is 48.5 Å². The number of halogens is 1. The zero-order valence-corrected chi connectivity index (χ0v) is 23.4. The molecule has 1 saturated heterocycles. The first-order chi connectivity index (χ1) is 20.0. The number of rotatable bonds is 4. The van der Waals surface area contributed by atoms with Crippen LogP contribution in [0.2, 0.25) is 0 Å². The van der Waals surface area contributed by atoms with Crippen molar-refractivity contribution in [3.63, 3.8) is 0 Å². The minimum Gasteiger partial charge on any atom is -0.333 e. The summed E-state index contributed by atoms with van der Waals surface area (Å²) >= 11 is 1.77. The van der Waals surface area contributed by atoms with E-state index >= 15 is 0 Å². The van der Waals surface area contributed by atoms with Crippen molar-refractivity contribution in [3.8, 4) is 11.1 Å². The molecule has 206 valence electrons. The fourth-order valence-corrected chi connectivity index (χ4v) is 7.07. The Morgan fingerprint density at radius 2 is 1.73 bits per heavy atom. The first kappa shape index (κ1) is 25.7. The summed E-state index contributed by atoms with van der Waals surface area (Å²) in [4.78, 5) is 36.3. The van der Waals surface area contributed by atoms with Crippen molar-refractivity contribution in [2.45, 2.75) is 11.1 Å². The summed E-state index contributed by atoms with van der Waals surface area (Å²) in [6.45, 7) is 2.83. The van der Waals surface area contributed by atoms with E-state index in [1.165, 1.54) is 12.1 Å². The lowest BCUT2D eigenvalue weighted by Crippen LogP contribution is -2.48. The number of hydrogen-bond acceptors (Lipinski definition) is 5. The van der Waals surface area contributed by atoms with Crippen LogP contribution in [0.1, 0.15) is 32.6 Å². The number of thioether (sulfide) groups is 1. The van der Waals surface area contributed by atoms with Crippen molar-refractivity contribution in [2.75, 3.05) is 33.2 Å². The lowest BCUT2D eigenvalue weighted by Gasteiger charge is -2.32. The molecule has 0 N–H and O–H groups in total. The zero-order valence-electron chi connectivity index (χ0n) is 22.5. The Morgan fingerprint density at radius 3 is 2.49 bits per heavy atom.